The van der Waals surface area contributed by atoms with Crippen LogP contribution in [0.15, 0.2) is 47.9 Å². The maximum atomic E-state index is 14.9. The van der Waals surface area contributed by atoms with E-state index in [-0.39, 0.29) is 16.7 Å². The first kappa shape index (κ1) is 21.3. The lowest BCUT2D eigenvalue weighted by atomic mass is 9.95. The van der Waals surface area contributed by atoms with Crippen LogP contribution in [0.4, 0.5) is 9.52 Å². The number of hydrogen-bond donors (Lipinski definition) is 1. The van der Waals surface area contributed by atoms with Gasteiger partial charge in [-0.2, -0.15) is 9.64 Å². The third-order valence-corrected chi connectivity index (χ3v) is 7.27. The van der Waals surface area contributed by atoms with Gasteiger partial charge in [-0.1, -0.05) is 12.5 Å². The summed E-state index contributed by atoms with van der Waals surface area (Å²) in [4.78, 5) is 9.54. The highest BCUT2D eigenvalue weighted by molar-refractivity contribution is 7.93. The summed E-state index contributed by atoms with van der Waals surface area (Å²) >= 11 is 0.834. The first-order chi connectivity index (χ1) is 15.0. The molecule has 1 saturated heterocycles. The lowest BCUT2D eigenvalue weighted by Gasteiger charge is -2.36. The van der Waals surface area contributed by atoms with Gasteiger partial charge in [0.1, 0.15) is 17.0 Å². The van der Waals surface area contributed by atoms with Gasteiger partial charge in [-0.25, -0.2) is 17.8 Å². The minimum absolute atomic E-state index is 0.0228. The van der Waals surface area contributed by atoms with Gasteiger partial charge in [0.2, 0.25) is 5.13 Å². The molecule has 0 bridgehead atoms. The first-order valence-electron chi connectivity index (χ1n) is 9.64. The van der Waals surface area contributed by atoms with E-state index in [1.54, 1.807) is 6.20 Å². The maximum Gasteiger partial charge on any atom is 0.266 e. The summed E-state index contributed by atoms with van der Waals surface area (Å²) in [5.41, 5.74) is 1.64. The second-order valence-corrected chi connectivity index (χ2v) is 9.60. The molecule has 0 aliphatic carbocycles. The Morgan fingerprint density at radius 1 is 1.35 bits per heavy atom. The molecule has 1 N–H and O–H groups in total. The van der Waals surface area contributed by atoms with E-state index in [4.69, 9.17) is 0 Å². The Morgan fingerprint density at radius 3 is 2.94 bits per heavy atom. The monoisotopic (exact) mass is 458 g/mol. The smallest absolute Gasteiger partial charge is 0.266 e. The van der Waals surface area contributed by atoms with Crippen LogP contribution in [-0.4, -0.2) is 34.2 Å². The molecule has 0 saturated carbocycles. The fourth-order valence-electron chi connectivity index (χ4n) is 3.77. The number of likely N-dealkylation sites (tertiary alicyclic amines) is 1. The van der Waals surface area contributed by atoms with Crippen molar-refractivity contribution in [2.75, 3.05) is 11.3 Å². The third kappa shape index (κ3) is 4.71. The number of rotatable bonds is 6. The Labute approximate surface area is 183 Å². The van der Waals surface area contributed by atoms with Crippen LogP contribution in [0.2, 0.25) is 0 Å². The third-order valence-electron chi connectivity index (χ3n) is 5.21. The van der Waals surface area contributed by atoms with Crippen LogP contribution in [0.3, 0.4) is 0 Å². The van der Waals surface area contributed by atoms with E-state index in [0.717, 1.165) is 55.0 Å². The highest BCUT2D eigenvalue weighted by Gasteiger charge is 2.27. The van der Waals surface area contributed by atoms with Crippen molar-refractivity contribution in [3.63, 3.8) is 0 Å². The second kappa shape index (κ2) is 9.05. The van der Waals surface area contributed by atoms with Gasteiger partial charge in [0, 0.05) is 36.5 Å². The van der Waals surface area contributed by atoms with Crippen LogP contribution in [0.25, 0.3) is 0 Å². The summed E-state index contributed by atoms with van der Waals surface area (Å²) in [5.74, 6) is -0.916. The second-order valence-electron chi connectivity index (χ2n) is 7.17. The van der Waals surface area contributed by atoms with Crippen molar-refractivity contribution in [3.8, 4) is 6.07 Å². The summed E-state index contributed by atoms with van der Waals surface area (Å²) in [6.07, 6.45) is 7.75. The van der Waals surface area contributed by atoms with Gasteiger partial charge in [0.15, 0.2) is 0 Å². The molecule has 0 unspecified atom stereocenters. The van der Waals surface area contributed by atoms with E-state index in [2.05, 4.69) is 24.0 Å². The van der Waals surface area contributed by atoms with Crippen LogP contribution in [0.1, 0.15) is 42.0 Å². The van der Waals surface area contributed by atoms with E-state index < -0.39 is 20.7 Å². The topological polar surface area (TPSA) is 112 Å². The predicted octanol–water partition coefficient (Wildman–Crippen LogP) is 3.47. The lowest BCUT2D eigenvalue weighted by Crippen LogP contribution is -2.33. The SMILES string of the molecule is N#Cc1cc(S(=O)(=O)Nc2ncns2)c(F)cc1CN1CCCC[C@H]1c1cccnc1. The Hall–Kier alpha value is -2.94. The zero-order valence-electron chi connectivity index (χ0n) is 16.4. The molecular weight excluding hydrogens is 439 g/mol. The minimum atomic E-state index is -4.24. The van der Waals surface area contributed by atoms with Gasteiger partial charge in [-0.3, -0.25) is 14.6 Å². The first-order valence-corrected chi connectivity index (χ1v) is 11.9. The molecule has 4 rings (SSSR count). The van der Waals surface area contributed by atoms with E-state index >= 15 is 0 Å². The van der Waals surface area contributed by atoms with Crippen molar-refractivity contribution in [1.82, 2.24) is 19.2 Å². The summed E-state index contributed by atoms with van der Waals surface area (Å²) in [7, 11) is -4.24. The van der Waals surface area contributed by atoms with Crippen molar-refractivity contribution in [1.29, 1.82) is 5.26 Å². The number of hydrogen-bond acceptors (Lipinski definition) is 8. The van der Waals surface area contributed by atoms with Gasteiger partial charge in [-0.15, -0.1) is 0 Å². The Balaban J connectivity index is 1.63. The molecule has 31 heavy (non-hydrogen) atoms. The molecule has 11 heteroatoms. The van der Waals surface area contributed by atoms with E-state index in [0.29, 0.717) is 12.1 Å². The van der Waals surface area contributed by atoms with Gasteiger partial charge < -0.3 is 0 Å². The summed E-state index contributed by atoms with van der Waals surface area (Å²) in [5, 5.41) is 9.65. The molecule has 1 aliphatic heterocycles. The number of nitriles is 1. The largest absolute Gasteiger partial charge is 0.292 e. The number of nitrogens with zero attached hydrogens (tertiary/aromatic N) is 5. The minimum Gasteiger partial charge on any atom is -0.292 e. The quantitative estimate of drug-likeness (QED) is 0.602. The van der Waals surface area contributed by atoms with Gasteiger partial charge >= 0.3 is 0 Å². The van der Waals surface area contributed by atoms with Crippen LogP contribution >= 0.6 is 11.5 Å². The number of halogens is 1. The number of nitrogens with one attached hydrogen (secondary N) is 1. The Kier molecular flexibility index (Phi) is 6.22. The van der Waals surface area contributed by atoms with Gasteiger partial charge in [0.05, 0.1) is 11.6 Å². The van der Waals surface area contributed by atoms with Crippen LogP contribution in [0, 0.1) is 17.1 Å². The highest BCUT2D eigenvalue weighted by Crippen LogP contribution is 2.33. The molecule has 1 aliphatic rings. The average molecular weight is 459 g/mol. The molecular formula is C20H19FN6O2S2. The number of anilines is 1. The van der Waals surface area contributed by atoms with Crippen LogP contribution in [-0.2, 0) is 16.6 Å². The maximum absolute atomic E-state index is 14.9. The molecule has 8 nitrogen and oxygen atoms in total. The zero-order chi connectivity index (χ0) is 21.8. The van der Waals surface area contributed by atoms with Gasteiger partial charge in [0.25, 0.3) is 10.0 Å². The Morgan fingerprint density at radius 2 is 2.23 bits per heavy atom. The fourth-order valence-corrected chi connectivity index (χ4v) is 5.52. The summed E-state index contributed by atoms with van der Waals surface area (Å²) < 4.78 is 46.0. The predicted molar refractivity (Wildman–Crippen MR) is 113 cm³/mol. The number of benzene rings is 1. The fraction of sp³-hybridized carbons (Fsp3) is 0.300. The van der Waals surface area contributed by atoms with Crippen molar-refractivity contribution in [2.45, 2.75) is 36.7 Å². The standard InChI is InChI=1S/C20H19FN6O2S2/c21-17-8-16(12-27-7-2-1-5-18(27)14-4-3-6-23-11-14)15(10-22)9-19(17)31(28,29)26-20-24-13-25-30-20/h3-4,6,8-9,11,13,18H,1-2,5,7,12H2,(H,24,25,26)/t18-/m0/s1. The molecule has 0 amide bonds. The highest BCUT2D eigenvalue weighted by atomic mass is 32.2. The number of pyridine rings is 1. The molecule has 160 valence electrons. The van der Waals surface area contributed by atoms with E-state index in [1.807, 2.05) is 24.4 Å². The van der Waals surface area contributed by atoms with Gasteiger partial charge in [-0.05, 0) is 48.7 Å². The molecule has 3 heterocycles. The molecule has 0 radical (unpaired) electrons. The van der Waals surface area contributed by atoms with Crippen LogP contribution < -0.4 is 4.72 Å². The number of piperidine rings is 1. The Bertz CT molecular complexity index is 1200. The molecule has 1 fully saturated rings. The van der Waals surface area contributed by atoms with Crippen molar-refractivity contribution >= 4 is 26.7 Å². The molecule has 0 spiro atoms. The molecule has 1 atom stereocenters. The van der Waals surface area contributed by atoms with Crippen LogP contribution in [0.5, 0.6) is 0 Å². The summed E-state index contributed by atoms with van der Waals surface area (Å²) in [6, 6.07) is 8.24. The van der Waals surface area contributed by atoms with Crippen molar-refractivity contribution in [3.05, 3.63) is 65.5 Å². The lowest BCUT2D eigenvalue weighted by molar-refractivity contribution is 0.140. The summed E-state index contributed by atoms with van der Waals surface area (Å²) in [6.45, 7) is 1.13. The number of sulfonamides is 1. The average Bonchev–Trinajstić information content (AvgIpc) is 3.27. The molecule has 2 aromatic heterocycles. The number of aromatic nitrogens is 3. The molecule has 1 aromatic carbocycles. The zero-order valence-corrected chi connectivity index (χ0v) is 18.0. The molecule has 3 aromatic rings. The van der Waals surface area contributed by atoms with E-state index in [9.17, 15) is 18.1 Å². The normalized spacial score (nSPS) is 17.2. The van der Waals surface area contributed by atoms with Crippen molar-refractivity contribution < 1.29 is 12.8 Å². The van der Waals surface area contributed by atoms with Crippen molar-refractivity contribution in [2.24, 2.45) is 0 Å². The van der Waals surface area contributed by atoms with E-state index in [1.165, 1.54) is 6.33 Å².